The van der Waals surface area contributed by atoms with Gasteiger partial charge in [-0.1, -0.05) is 11.6 Å². The molecule has 1 saturated heterocycles. The van der Waals surface area contributed by atoms with E-state index in [1.165, 1.54) is 0 Å². The van der Waals surface area contributed by atoms with Gasteiger partial charge in [-0.3, -0.25) is 4.90 Å². The van der Waals surface area contributed by atoms with Crippen molar-refractivity contribution in [3.63, 3.8) is 0 Å². The number of imidazole rings is 1. The average molecular weight is 465 g/mol. The third kappa shape index (κ3) is 3.70. The fourth-order valence-corrected chi connectivity index (χ4v) is 4.71. The van der Waals surface area contributed by atoms with Gasteiger partial charge in [0.15, 0.2) is 0 Å². The molecule has 1 aliphatic heterocycles. The zero-order valence-electron chi connectivity index (χ0n) is 18.6. The lowest BCUT2D eigenvalue weighted by molar-refractivity contribution is 0.229. The molecule has 2 amide bonds. The Morgan fingerprint density at radius 1 is 1.12 bits per heavy atom. The van der Waals surface area contributed by atoms with Crippen LogP contribution >= 0.6 is 11.6 Å². The number of nitrogens with zero attached hydrogens (tertiary/aromatic N) is 7. The van der Waals surface area contributed by atoms with Crippen LogP contribution in [0.1, 0.15) is 37.2 Å². The summed E-state index contributed by atoms with van der Waals surface area (Å²) in [6.45, 7) is 2.55. The standard InChI is InChI=1S/C23H25ClN8O/c1-14-26-20(28-21(27-14)32-18(15-3-4-15)11-30(2)22(32)33)29-23(9-10-23)19-12-31(13-25-19)17-7-5-16(24)6-8-17/h5-8,12-13,15,18H,3-4,9-11H2,1-2H3,(H,26,27,28,29). The lowest BCUT2D eigenvalue weighted by atomic mass is 10.2. The Labute approximate surface area is 196 Å². The highest BCUT2D eigenvalue weighted by molar-refractivity contribution is 6.30. The number of carbonyl (C=O) groups is 1. The van der Waals surface area contributed by atoms with E-state index in [9.17, 15) is 4.79 Å². The minimum absolute atomic E-state index is 0.0497. The highest BCUT2D eigenvalue weighted by Gasteiger charge is 2.48. The van der Waals surface area contributed by atoms with E-state index >= 15 is 0 Å². The molecule has 0 spiro atoms. The second kappa shape index (κ2) is 7.41. The maximum absolute atomic E-state index is 12.9. The Bertz CT molecular complexity index is 1220. The van der Waals surface area contributed by atoms with Crippen molar-refractivity contribution in [3.05, 3.63) is 53.3 Å². The minimum Gasteiger partial charge on any atom is -0.343 e. The molecular formula is C23H25ClN8O. The second-order valence-electron chi connectivity index (χ2n) is 9.29. The van der Waals surface area contributed by atoms with Crippen LogP contribution in [0.25, 0.3) is 5.69 Å². The van der Waals surface area contributed by atoms with Crippen molar-refractivity contribution in [2.75, 3.05) is 23.8 Å². The van der Waals surface area contributed by atoms with E-state index in [4.69, 9.17) is 11.6 Å². The van der Waals surface area contributed by atoms with Crippen molar-refractivity contribution in [2.24, 2.45) is 5.92 Å². The molecule has 2 saturated carbocycles. The summed E-state index contributed by atoms with van der Waals surface area (Å²) in [7, 11) is 1.83. The summed E-state index contributed by atoms with van der Waals surface area (Å²) in [4.78, 5) is 34.8. The van der Waals surface area contributed by atoms with Crippen LogP contribution in [0.3, 0.4) is 0 Å². The lowest BCUT2D eigenvalue weighted by Gasteiger charge is -2.22. The predicted octanol–water partition coefficient (Wildman–Crippen LogP) is 3.77. The molecule has 3 aromatic rings. The van der Waals surface area contributed by atoms with E-state index < -0.39 is 0 Å². The predicted molar refractivity (Wildman–Crippen MR) is 125 cm³/mol. The number of nitrogens with one attached hydrogen (secondary N) is 1. The number of rotatable bonds is 6. The largest absolute Gasteiger partial charge is 0.343 e. The molecule has 10 heteroatoms. The Morgan fingerprint density at radius 3 is 2.58 bits per heavy atom. The molecule has 3 aliphatic rings. The normalized spacial score (nSPS) is 21.5. The second-order valence-corrected chi connectivity index (χ2v) is 9.73. The van der Waals surface area contributed by atoms with Crippen molar-refractivity contribution in [1.82, 2.24) is 29.4 Å². The van der Waals surface area contributed by atoms with Gasteiger partial charge in [-0.2, -0.15) is 15.0 Å². The smallest absolute Gasteiger partial charge is 0.327 e. The molecule has 0 radical (unpaired) electrons. The minimum atomic E-state index is -0.315. The van der Waals surface area contributed by atoms with E-state index in [-0.39, 0.29) is 17.6 Å². The summed E-state index contributed by atoms with van der Waals surface area (Å²) in [5.74, 6) is 2.02. The van der Waals surface area contributed by atoms with Crippen LogP contribution in [0.4, 0.5) is 16.7 Å². The molecule has 2 aromatic heterocycles. The maximum atomic E-state index is 12.9. The van der Waals surface area contributed by atoms with E-state index in [2.05, 4.69) is 25.3 Å². The van der Waals surface area contributed by atoms with Crippen LogP contribution in [0.5, 0.6) is 0 Å². The fraction of sp³-hybridized carbons (Fsp3) is 0.435. The number of likely N-dealkylation sites (N-methyl/N-ethyl adjacent to an activating group) is 1. The molecule has 0 bridgehead atoms. The van der Waals surface area contributed by atoms with Crippen molar-refractivity contribution < 1.29 is 4.79 Å². The van der Waals surface area contributed by atoms with Crippen molar-refractivity contribution >= 4 is 29.5 Å². The van der Waals surface area contributed by atoms with Crippen LogP contribution in [0, 0.1) is 12.8 Å². The first-order chi connectivity index (χ1) is 15.9. The van der Waals surface area contributed by atoms with Gasteiger partial charge in [-0.15, -0.1) is 0 Å². The zero-order valence-corrected chi connectivity index (χ0v) is 19.3. The van der Waals surface area contributed by atoms with Gasteiger partial charge in [-0.05, 0) is 62.8 Å². The van der Waals surface area contributed by atoms with Crippen LogP contribution in [0.15, 0.2) is 36.8 Å². The third-order valence-electron chi connectivity index (χ3n) is 6.74. The van der Waals surface area contributed by atoms with Crippen molar-refractivity contribution in [1.29, 1.82) is 0 Å². The average Bonchev–Trinajstić information content (AvgIpc) is 3.70. The van der Waals surface area contributed by atoms with E-state index in [1.54, 1.807) is 9.80 Å². The number of aryl methyl sites for hydroxylation is 1. The van der Waals surface area contributed by atoms with Gasteiger partial charge in [0, 0.05) is 30.5 Å². The summed E-state index contributed by atoms with van der Waals surface area (Å²) >= 11 is 6.02. The van der Waals surface area contributed by atoms with Gasteiger partial charge < -0.3 is 14.8 Å². The highest BCUT2D eigenvalue weighted by atomic mass is 35.5. The molecule has 9 nitrogen and oxygen atoms in total. The number of aromatic nitrogens is 5. The summed E-state index contributed by atoms with van der Waals surface area (Å²) in [6, 6.07) is 7.73. The molecule has 33 heavy (non-hydrogen) atoms. The van der Waals surface area contributed by atoms with E-state index in [0.717, 1.165) is 37.1 Å². The zero-order chi connectivity index (χ0) is 22.7. The first-order valence-electron chi connectivity index (χ1n) is 11.3. The number of urea groups is 1. The number of hydrogen-bond donors (Lipinski definition) is 1. The molecule has 170 valence electrons. The van der Waals surface area contributed by atoms with Crippen LogP contribution in [-0.2, 0) is 5.54 Å². The Balaban J connectivity index is 1.27. The molecule has 1 N–H and O–H groups in total. The van der Waals surface area contributed by atoms with Gasteiger partial charge in [0.2, 0.25) is 11.9 Å². The Hall–Kier alpha value is -3.20. The van der Waals surface area contributed by atoms with Gasteiger partial charge in [0.1, 0.15) is 5.82 Å². The monoisotopic (exact) mass is 464 g/mol. The summed E-state index contributed by atoms with van der Waals surface area (Å²) < 4.78 is 1.98. The summed E-state index contributed by atoms with van der Waals surface area (Å²) in [5.41, 5.74) is 1.62. The molecule has 3 heterocycles. The van der Waals surface area contributed by atoms with Gasteiger partial charge in [-0.25, -0.2) is 9.78 Å². The van der Waals surface area contributed by atoms with Gasteiger partial charge in [0.25, 0.3) is 0 Å². The number of anilines is 2. The molecule has 1 atom stereocenters. The molecular weight excluding hydrogens is 440 g/mol. The molecule has 6 rings (SSSR count). The first-order valence-corrected chi connectivity index (χ1v) is 11.7. The van der Waals surface area contributed by atoms with E-state index in [1.807, 2.05) is 55.3 Å². The van der Waals surface area contributed by atoms with Crippen LogP contribution in [0.2, 0.25) is 5.02 Å². The molecule has 2 aliphatic carbocycles. The third-order valence-corrected chi connectivity index (χ3v) is 6.99. The number of carbonyl (C=O) groups excluding carboxylic acids is 1. The topological polar surface area (TPSA) is 92.1 Å². The molecule has 1 unspecified atom stereocenters. The maximum Gasteiger partial charge on any atom is 0.327 e. The quantitative estimate of drug-likeness (QED) is 0.597. The summed E-state index contributed by atoms with van der Waals surface area (Å²) in [6.07, 6.45) is 8.00. The molecule has 1 aromatic carbocycles. The lowest BCUT2D eigenvalue weighted by Crippen LogP contribution is -2.37. The first kappa shape index (κ1) is 20.4. The molecule has 3 fully saturated rings. The van der Waals surface area contributed by atoms with Crippen molar-refractivity contribution in [3.8, 4) is 5.69 Å². The van der Waals surface area contributed by atoms with Gasteiger partial charge in [0.05, 0.1) is 23.6 Å². The number of hydrogen-bond acceptors (Lipinski definition) is 6. The highest BCUT2D eigenvalue weighted by Crippen LogP contribution is 2.47. The van der Waals surface area contributed by atoms with Crippen LogP contribution in [-0.4, -0.2) is 55.1 Å². The van der Waals surface area contributed by atoms with Gasteiger partial charge >= 0.3 is 6.03 Å². The SMILES string of the molecule is Cc1nc(NC2(c3cn(-c4ccc(Cl)cc4)cn3)CC2)nc(N2C(=O)N(C)CC2C2CC2)n1. The van der Waals surface area contributed by atoms with Crippen LogP contribution < -0.4 is 10.2 Å². The number of benzene rings is 1. The number of halogens is 1. The van der Waals surface area contributed by atoms with Crippen molar-refractivity contribution in [2.45, 2.75) is 44.2 Å². The Morgan fingerprint density at radius 2 is 1.88 bits per heavy atom. The number of amides is 2. The fourth-order valence-electron chi connectivity index (χ4n) is 4.58. The van der Waals surface area contributed by atoms with E-state index in [0.29, 0.717) is 35.2 Å². The Kier molecular flexibility index (Phi) is 4.58. The summed E-state index contributed by atoms with van der Waals surface area (Å²) in [5, 5.41) is 4.20.